The zero-order valence-corrected chi connectivity index (χ0v) is 13.5. The summed E-state index contributed by atoms with van der Waals surface area (Å²) < 4.78 is 0. The summed E-state index contributed by atoms with van der Waals surface area (Å²) in [5.41, 5.74) is 1.08. The summed E-state index contributed by atoms with van der Waals surface area (Å²) in [6.07, 6.45) is 0. The molecule has 0 spiro atoms. The van der Waals surface area contributed by atoms with E-state index >= 15 is 0 Å². The smallest absolute Gasteiger partial charge is 0.324 e. The number of likely N-dealkylation sites (N-methyl/N-ethyl adjacent to an activating group) is 1. The van der Waals surface area contributed by atoms with Gasteiger partial charge in [0, 0.05) is 25.7 Å². The summed E-state index contributed by atoms with van der Waals surface area (Å²) >= 11 is 0.937. The third kappa shape index (κ3) is 3.25. The maximum atomic E-state index is 12.8. The number of piperazine rings is 1. The Bertz CT molecular complexity index is 716. The van der Waals surface area contributed by atoms with Crippen LogP contribution in [0.3, 0.4) is 0 Å². The van der Waals surface area contributed by atoms with E-state index < -0.39 is 4.92 Å². The molecule has 1 atom stereocenters. The molecule has 23 heavy (non-hydrogen) atoms. The SMILES string of the molecule is CN1CCN(C(=O)c2ccc([N+](=O)[O-])s2)C(c2ccccc2)C1. The largest absolute Gasteiger partial charge is 0.328 e. The molecule has 1 aliphatic heterocycles. The van der Waals surface area contributed by atoms with Crippen molar-refractivity contribution in [3.63, 3.8) is 0 Å². The van der Waals surface area contributed by atoms with Crippen LogP contribution in [0.5, 0.6) is 0 Å². The van der Waals surface area contributed by atoms with Crippen molar-refractivity contribution in [2.75, 3.05) is 26.7 Å². The molecule has 0 saturated carbocycles. The van der Waals surface area contributed by atoms with E-state index in [-0.39, 0.29) is 17.0 Å². The van der Waals surface area contributed by atoms with Gasteiger partial charge in [0.25, 0.3) is 5.91 Å². The van der Waals surface area contributed by atoms with Crippen LogP contribution < -0.4 is 0 Å². The molecule has 1 aliphatic rings. The van der Waals surface area contributed by atoms with Crippen LogP contribution in [-0.4, -0.2) is 47.3 Å². The topological polar surface area (TPSA) is 66.7 Å². The molecule has 2 heterocycles. The van der Waals surface area contributed by atoms with Gasteiger partial charge < -0.3 is 9.80 Å². The van der Waals surface area contributed by atoms with Crippen LogP contribution >= 0.6 is 11.3 Å². The van der Waals surface area contributed by atoms with Gasteiger partial charge >= 0.3 is 5.00 Å². The molecule has 3 rings (SSSR count). The average molecular weight is 331 g/mol. The molecule has 0 bridgehead atoms. The van der Waals surface area contributed by atoms with Crippen LogP contribution in [0.4, 0.5) is 5.00 Å². The van der Waals surface area contributed by atoms with Crippen molar-refractivity contribution in [3.05, 3.63) is 63.0 Å². The zero-order chi connectivity index (χ0) is 16.4. The predicted octanol–water partition coefficient (Wildman–Crippen LogP) is 2.79. The Labute approximate surface area is 138 Å². The minimum atomic E-state index is -0.458. The zero-order valence-electron chi connectivity index (χ0n) is 12.7. The normalized spacial score (nSPS) is 18.8. The molecule has 0 radical (unpaired) electrons. The lowest BCUT2D eigenvalue weighted by Gasteiger charge is -2.40. The van der Waals surface area contributed by atoms with E-state index in [4.69, 9.17) is 0 Å². The van der Waals surface area contributed by atoms with Crippen molar-refractivity contribution in [3.8, 4) is 0 Å². The molecule has 6 nitrogen and oxygen atoms in total. The molecule has 1 amide bonds. The quantitative estimate of drug-likeness (QED) is 0.641. The van der Waals surface area contributed by atoms with Gasteiger partial charge in [-0.2, -0.15) is 0 Å². The average Bonchev–Trinajstić information content (AvgIpc) is 3.05. The summed E-state index contributed by atoms with van der Waals surface area (Å²) in [7, 11) is 2.04. The number of carbonyl (C=O) groups is 1. The van der Waals surface area contributed by atoms with Crippen LogP contribution in [0.2, 0.25) is 0 Å². The Morgan fingerprint density at radius 3 is 2.61 bits per heavy atom. The van der Waals surface area contributed by atoms with Gasteiger partial charge in [0.15, 0.2) is 0 Å². The van der Waals surface area contributed by atoms with Gasteiger partial charge in [0.2, 0.25) is 0 Å². The first kappa shape index (κ1) is 15.6. The van der Waals surface area contributed by atoms with Crippen molar-refractivity contribution < 1.29 is 9.72 Å². The Balaban J connectivity index is 1.88. The molecule has 1 fully saturated rings. The van der Waals surface area contributed by atoms with Gasteiger partial charge in [-0.25, -0.2) is 0 Å². The number of benzene rings is 1. The van der Waals surface area contributed by atoms with E-state index in [2.05, 4.69) is 4.90 Å². The number of nitro groups is 1. The third-order valence-electron chi connectivity index (χ3n) is 4.01. The van der Waals surface area contributed by atoms with Gasteiger partial charge in [-0.3, -0.25) is 14.9 Å². The molecule has 1 saturated heterocycles. The highest BCUT2D eigenvalue weighted by Crippen LogP contribution is 2.30. The molecule has 1 aromatic carbocycles. The molecule has 1 unspecified atom stereocenters. The predicted molar refractivity (Wildman–Crippen MR) is 88.7 cm³/mol. The first-order valence-electron chi connectivity index (χ1n) is 7.35. The monoisotopic (exact) mass is 331 g/mol. The first-order chi connectivity index (χ1) is 11.1. The van der Waals surface area contributed by atoms with Crippen LogP contribution in [0.1, 0.15) is 21.3 Å². The summed E-state index contributed by atoms with van der Waals surface area (Å²) in [4.78, 5) is 27.6. The van der Waals surface area contributed by atoms with Crippen molar-refractivity contribution in [2.24, 2.45) is 0 Å². The Hall–Kier alpha value is -2.25. The standard InChI is InChI=1S/C16H17N3O3S/c1-17-9-10-18(13(11-17)12-5-3-2-4-6-12)16(20)14-7-8-15(23-14)19(21)22/h2-8,13H,9-11H2,1H3. The number of thiophene rings is 1. The number of carbonyl (C=O) groups excluding carboxylic acids is 1. The minimum Gasteiger partial charge on any atom is -0.328 e. The van der Waals surface area contributed by atoms with Gasteiger partial charge in [0.05, 0.1) is 15.8 Å². The molecule has 2 aromatic rings. The molecule has 1 aromatic heterocycles. The van der Waals surface area contributed by atoms with Crippen LogP contribution in [0, 0.1) is 10.1 Å². The lowest BCUT2D eigenvalue weighted by Crippen LogP contribution is -2.49. The number of amides is 1. The van der Waals surface area contributed by atoms with Gasteiger partial charge in [-0.1, -0.05) is 41.7 Å². The first-order valence-corrected chi connectivity index (χ1v) is 8.16. The maximum Gasteiger partial charge on any atom is 0.324 e. The number of hydrogen-bond donors (Lipinski definition) is 0. The Morgan fingerprint density at radius 1 is 1.22 bits per heavy atom. The second-order valence-corrected chi connectivity index (χ2v) is 6.64. The third-order valence-corrected chi connectivity index (χ3v) is 5.04. The number of nitrogens with zero attached hydrogens (tertiary/aromatic N) is 3. The minimum absolute atomic E-state index is 0.00117. The van der Waals surface area contributed by atoms with Gasteiger partial charge in [-0.05, 0) is 18.7 Å². The Kier molecular flexibility index (Phi) is 4.40. The van der Waals surface area contributed by atoms with E-state index in [1.54, 1.807) is 6.07 Å². The fourth-order valence-electron chi connectivity index (χ4n) is 2.81. The highest BCUT2D eigenvalue weighted by molar-refractivity contribution is 7.17. The van der Waals surface area contributed by atoms with E-state index in [1.807, 2.05) is 42.3 Å². The van der Waals surface area contributed by atoms with Gasteiger partial charge in [-0.15, -0.1) is 0 Å². The number of rotatable bonds is 3. The lowest BCUT2D eigenvalue weighted by molar-refractivity contribution is -0.380. The second-order valence-electron chi connectivity index (χ2n) is 5.58. The van der Waals surface area contributed by atoms with Crippen LogP contribution in [0.25, 0.3) is 0 Å². The molecule has 0 aliphatic carbocycles. The highest BCUT2D eigenvalue weighted by Gasteiger charge is 2.32. The summed E-state index contributed by atoms with van der Waals surface area (Å²) in [6.45, 7) is 2.16. The molecule has 120 valence electrons. The van der Waals surface area contributed by atoms with Crippen molar-refractivity contribution >= 4 is 22.2 Å². The molecular weight excluding hydrogens is 314 g/mol. The molecular formula is C16H17N3O3S. The van der Waals surface area contributed by atoms with E-state index in [0.29, 0.717) is 11.4 Å². The second kappa shape index (κ2) is 6.47. The molecule has 0 N–H and O–H groups in total. The lowest BCUT2D eigenvalue weighted by atomic mass is 10.0. The van der Waals surface area contributed by atoms with Crippen LogP contribution in [-0.2, 0) is 0 Å². The van der Waals surface area contributed by atoms with Gasteiger partial charge in [0.1, 0.15) is 0 Å². The van der Waals surface area contributed by atoms with Crippen molar-refractivity contribution in [1.29, 1.82) is 0 Å². The highest BCUT2D eigenvalue weighted by atomic mass is 32.1. The van der Waals surface area contributed by atoms with Crippen molar-refractivity contribution in [2.45, 2.75) is 6.04 Å². The fourth-order valence-corrected chi connectivity index (χ4v) is 3.58. The Morgan fingerprint density at radius 2 is 1.96 bits per heavy atom. The van der Waals surface area contributed by atoms with E-state index in [0.717, 1.165) is 30.0 Å². The van der Waals surface area contributed by atoms with Crippen LogP contribution in [0.15, 0.2) is 42.5 Å². The maximum absolute atomic E-state index is 12.8. The van der Waals surface area contributed by atoms with E-state index in [1.165, 1.54) is 6.07 Å². The van der Waals surface area contributed by atoms with E-state index in [9.17, 15) is 14.9 Å². The number of hydrogen-bond acceptors (Lipinski definition) is 5. The fraction of sp³-hybridized carbons (Fsp3) is 0.312. The summed E-state index contributed by atoms with van der Waals surface area (Å²) in [6, 6.07) is 12.8. The summed E-state index contributed by atoms with van der Waals surface area (Å²) in [5, 5.41) is 10.8. The summed E-state index contributed by atoms with van der Waals surface area (Å²) in [5.74, 6) is -0.134. The van der Waals surface area contributed by atoms with Crippen molar-refractivity contribution in [1.82, 2.24) is 9.80 Å². The molecule has 7 heteroatoms.